The number of rotatable bonds is 7. The monoisotopic (exact) mass is 1080 g/mol. The van der Waals surface area contributed by atoms with E-state index in [0.717, 1.165) is 70.2 Å². The standard InChI is InChI=1S/C37H59O4P.C30H44FO2P/c1-15-17-18-25(16-2)24-39-42(38)40-32-26(20-28(34(3,4)5)22-30(32)36(9,10)11)19-27-21-29(35(6,7)8)23-31(33(27)41-42)37(12,13)14;1-18-21-14-19(27(2,3)4)16-23(29(8,9)10)25(21)32-34(31)33-26-22(18)15-20(28(5,6)7)17-24(26)30(11,12)13/h20-23,25H,15-19,24H2,1-14H3;14-18H,1-13H3. The Bertz CT molecular complexity index is 2580. The highest BCUT2D eigenvalue weighted by atomic mass is 31.2. The molecule has 0 radical (unpaired) electrons. The largest absolute Gasteiger partial charge is 0.587 e. The Morgan fingerprint density at radius 3 is 1.12 bits per heavy atom. The van der Waals surface area contributed by atoms with Crippen molar-refractivity contribution in [1.29, 1.82) is 0 Å². The van der Waals surface area contributed by atoms with Gasteiger partial charge in [0.2, 0.25) is 0 Å². The van der Waals surface area contributed by atoms with Crippen LogP contribution < -0.4 is 18.1 Å². The van der Waals surface area contributed by atoms with Crippen molar-refractivity contribution in [2.24, 2.45) is 5.92 Å². The van der Waals surface area contributed by atoms with E-state index in [4.69, 9.17) is 22.6 Å². The van der Waals surface area contributed by atoms with E-state index in [2.05, 4.69) is 235 Å². The lowest BCUT2D eigenvalue weighted by Gasteiger charge is -2.35. The van der Waals surface area contributed by atoms with E-state index < -0.39 is 16.5 Å². The highest BCUT2D eigenvalue weighted by molar-refractivity contribution is 7.49. The van der Waals surface area contributed by atoms with Crippen molar-refractivity contribution in [1.82, 2.24) is 0 Å². The van der Waals surface area contributed by atoms with Gasteiger partial charge in [0.1, 0.15) is 23.0 Å². The summed E-state index contributed by atoms with van der Waals surface area (Å²) < 4.78 is 62.0. The number of phosphoric acid groups is 1. The maximum absolute atomic E-state index is 15.5. The normalized spacial score (nSPS) is 17.7. The molecule has 0 aliphatic carbocycles. The predicted molar refractivity (Wildman–Crippen MR) is 323 cm³/mol. The second-order valence-corrected chi connectivity index (χ2v) is 32.9. The van der Waals surface area contributed by atoms with E-state index in [9.17, 15) is 4.57 Å². The molecule has 0 bridgehead atoms. The molecule has 0 N–H and O–H groups in total. The average Bonchev–Trinajstić information content (AvgIpc) is 3.23. The zero-order valence-electron chi connectivity index (χ0n) is 52.7. The number of hydrogen-bond donors (Lipinski definition) is 0. The molecule has 0 saturated heterocycles. The quantitative estimate of drug-likeness (QED) is 0.172. The van der Waals surface area contributed by atoms with Gasteiger partial charge < -0.3 is 18.1 Å². The van der Waals surface area contributed by atoms with Crippen LogP contribution in [0.25, 0.3) is 0 Å². The second kappa shape index (κ2) is 22.3. The molecule has 4 aromatic carbocycles. The molecular weight excluding hydrogens is 982 g/mol. The SMILES string of the molecule is CC1c2cc(C(C)(C)C)cc(C(C)(C)C)c2OP(F)Oc2c1cc(C(C)(C)C)cc2C(C)(C)C.CCCCC(CC)COP1(=O)Oc2c(cc(C(C)(C)C)cc2C(C)(C)C)Cc2cc(C(C)(C)C)cc(C(C)(C)C)c2O1. The third-order valence-electron chi connectivity index (χ3n) is 15.3. The maximum atomic E-state index is 15.5. The van der Waals surface area contributed by atoms with Gasteiger partial charge in [-0.25, -0.2) is 4.57 Å². The number of fused-ring (bicyclic) bond motifs is 4. The van der Waals surface area contributed by atoms with Crippen molar-refractivity contribution in [3.05, 3.63) is 115 Å². The molecule has 76 heavy (non-hydrogen) atoms. The van der Waals surface area contributed by atoms with Gasteiger partial charge in [0.05, 0.1) is 6.61 Å². The zero-order valence-corrected chi connectivity index (χ0v) is 54.5. The minimum atomic E-state index is -4.05. The zero-order chi connectivity index (χ0) is 57.9. The molecule has 0 aromatic heterocycles. The van der Waals surface area contributed by atoms with Crippen LogP contribution in [0.3, 0.4) is 0 Å². The highest BCUT2D eigenvalue weighted by Gasteiger charge is 2.42. The summed E-state index contributed by atoms with van der Waals surface area (Å²) in [6.07, 6.45) is 4.85. The van der Waals surface area contributed by atoms with Gasteiger partial charge in [-0.2, -0.15) is 0 Å². The summed E-state index contributed by atoms with van der Waals surface area (Å²) in [5.74, 6) is 2.86. The molecule has 2 aliphatic heterocycles. The molecule has 2 heterocycles. The fourth-order valence-electron chi connectivity index (χ4n) is 9.89. The number of hydrogen-bond acceptors (Lipinski definition) is 6. The van der Waals surface area contributed by atoms with E-state index in [1.54, 1.807) is 0 Å². The number of unbranched alkanes of at least 4 members (excludes halogenated alkanes) is 1. The molecule has 1 unspecified atom stereocenters. The first-order valence-electron chi connectivity index (χ1n) is 28.5. The minimum Gasteiger partial charge on any atom is -0.414 e. The molecular formula is C67H103FO6P2. The summed E-state index contributed by atoms with van der Waals surface area (Å²) in [5.41, 5.74) is 12.1. The molecule has 424 valence electrons. The molecule has 6 nitrogen and oxygen atoms in total. The Balaban J connectivity index is 0.000000287. The van der Waals surface area contributed by atoms with Gasteiger partial charge in [-0.15, -0.1) is 4.20 Å². The number of halogens is 1. The van der Waals surface area contributed by atoms with Crippen LogP contribution in [-0.2, 0) is 58.8 Å². The van der Waals surface area contributed by atoms with Crippen LogP contribution in [0.15, 0.2) is 48.5 Å². The van der Waals surface area contributed by atoms with Crippen molar-refractivity contribution >= 4 is 16.5 Å². The Labute approximate surface area is 464 Å². The van der Waals surface area contributed by atoms with Crippen LogP contribution in [0, 0.1) is 5.92 Å². The van der Waals surface area contributed by atoms with Crippen molar-refractivity contribution in [3.63, 3.8) is 0 Å². The first-order chi connectivity index (χ1) is 34.3. The summed E-state index contributed by atoms with van der Waals surface area (Å²) in [6, 6.07) is 17.8. The average molecular weight is 1090 g/mol. The molecule has 2 aliphatic rings. The fourth-order valence-corrected chi connectivity index (χ4v) is 12.0. The molecule has 0 spiro atoms. The van der Waals surface area contributed by atoms with Gasteiger partial charge in [-0.3, -0.25) is 4.52 Å². The van der Waals surface area contributed by atoms with Crippen molar-refractivity contribution in [3.8, 4) is 23.0 Å². The van der Waals surface area contributed by atoms with Gasteiger partial charge in [0.15, 0.2) is 0 Å². The van der Waals surface area contributed by atoms with Crippen LogP contribution in [0.2, 0.25) is 0 Å². The topological polar surface area (TPSA) is 63.2 Å². The molecule has 1 atom stereocenters. The smallest absolute Gasteiger partial charge is 0.414 e. The third-order valence-corrected chi connectivity index (χ3v) is 17.3. The molecule has 9 heteroatoms. The van der Waals surface area contributed by atoms with Gasteiger partial charge in [0.25, 0.3) is 0 Å². The predicted octanol–water partition coefficient (Wildman–Crippen LogP) is 21.6. The van der Waals surface area contributed by atoms with E-state index in [1.165, 1.54) is 22.3 Å². The summed E-state index contributed by atoms with van der Waals surface area (Å²) in [6.45, 7) is 59.8. The number of benzene rings is 4. The lowest BCUT2D eigenvalue weighted by Crippen LogP contribution is -2.23. The lowest BCUT2D eigenvalue weighted by atomic mass is 9.74. The third kappa shape index (κ3) is 15.1. The Morgan fingerprint density at radius 2 is 0.829 bits per heavy atom. The lowest BCUT2D eigenvalue weighted by molar-refractivity contribution is 0.168. The summed E-state index contributed by atoms with van der Waals surface area (Å²) >= 11 is 0. The second-order valence-electron chi connectivity index (χ2n) is 30.5. The molecule has 4 aromatic rings. The Hall–Kier alpha value is -3.37. The van der Waals surface area contributed by atoms with Gasteiger partial charge in [-0.1, -0.05) is 255 Å². The van der Waals surface area contributed by atoms with Crippen LogP contribution in [0.1, 0.15) is 285 Å². The van der Waals surface area contributed by atoms with Gasteiger partial charge in [-0.05, 0) is 89.0 Å². The van der Waals surface area contributed by atoms with Crippen molar-refractivity contribution in [2.75, 3.05) is 6.61 Å². The van der Waals surface area contributed by atoms with Crippen LogP contribution in [0.4, 0.5) is 4.20 Å². The summed E-state index contributed by atoms with van der Waals surface area (Å²) in [4.78, 5) is 0. The Morgan fingerprint density at radius 1 is 0.513 bits per heavy atom. The molecule has 6 rings (SSSR count). The number of phosphoric ester groups is 1. The Kier molecular flexibility index (Phi) is 18.6. The summed E-state index contributed by atoms with van der Waals surface area (Å²) in [7, 11) is -6.68. The molecule has 0 amide bonds. The van der Waals surface area contributed by atoms with E-state index in [-0.39, 0.29) is 49.2 Å². The van der Waals surface area contributed by atoms with Crippen LogP contribution in [0.5, 0.6) is 23.0 Å². The van der Waals surface area contributed by atoms with Gasteiger partial charge in [0, 0.05) is 45.7 Å². The summed E-state index contributed by atoms with van der Waals surface area (Å²) in [5, 5.41) is 0. The van der Waals surface area contributed by atoms with E-state index in [1.807, 2.05) is 0 Å². The first-order valence-corrected chi connectivity index (χ1v) is 31.0. The van der Waals surface area contributed by atoms with E-state index in [0.29, 0.717) is 41.9 Å². The highest BCUT2D eigenvalue weighted by Crippen LogP contribution is 2.59. The minimum absolute atomic E-state index is 0.0134. The fraction of sp³-hybridized carbons (Fsp3) is 0.642. The maximum Gasteiger partial charge on any atom is 0.587 e. The molecule has 0 fully saturated rings. The van der Waals surface area contributed by atoms with E-state index >= 15 is 4.20 Å². The first kappa shape index (κ1) is 63.5. The van der Waals surface area contributed by atoms with Crippen molar-refractivity contribution in [2.45, 2.75) is 268 Å². The van der Waals surface area contributed by atoms with Crippen molar-refractivity contribution < 1.29 is 31.4 Å². The van der Waals surface area contributed by atoms with Gasteiger partial charge >= 0.3 is 16.5 Å². The van der Waals surface area contributed by atoms with Crippen LogP contribution in [-0.4, -0.2) is 6.61 Å². The van der Waals surface area contributed by atoms with Crippen LogP contribution >= 0.6 is 16.5 Å². The molecule has 0 saturated carbocycles.